The Morgan fingerprint density at radius 3 is 2.32 bits per heavy atom. The van der Waals surface area contributed by atoms with Gasteiger partial charge in [-0.3, -0.25) is 9.59 Å². The van der Waals surface area contributed by atoms with Crippen molar-refractivity contribution in [2.75, 3.05) is 36.4 Å². The Hall–Kier alpha value is -3.94. The molecule has 0 spiro atoms. The van der Waals surface area contributed by atoms with Crippen LogP contribution in [0.25, 0.3) is 0 Å². The van der Waals surface area contributed by atoms with Gasteiger partial charge in [-0.15, -0.1) is 0 Å². The van der Waals surface area contributed by atoms with Crippen LogP contribution in [0, 0.1) is 5.82 Å². The van der Waals surface area contributed by atoms with E-state index in [1.54, 1.807) is 53.6 Å². The standard InChI is InChI=1S/C23H22FN5O2/c24-19-5-1-2-6-20(19)27-22-18(4-3-11-26-22)23(31)29-14-12-28(13-15-29)17-9-7-16(8-10-17)21(25)30/h1-11H,12-15H2,(H2,25,30)(H,26,27). The highest BCUT2D eigenvalue weighted by Gasteiger charge is 2.24. The number of aromatic nitrogens is 1. The van der Waals surface area contributed by atoms with Crippen LogP contribution < -0.4 is 16.0 Å². The molecule has 7 nitrogen and oxygen atoms in total. The van der Waals surface area contributed by atoms with Crippen molar-refractivity contribution in [3.05, 3.63) is 83.8 Å². The summed E-state index contributed by atoms with van der Waals surface area (Å²) < 4.78 is 14.0. The summed E-state index contributed by atoms with van der Waals surface area (Å²) in [5.41, 5.74) is 7.38. The number of primary amides is 1. The van der Waals surface area contributed by atoms with Crippen LogP contribution >= 0.6 is 0 Å². The fourth-order valence-electron chi connectivity index (χ4n) is 3.54. The molecule has 0 aliphatic carbocycles. The molecular formula is C23H22FN5O2. The number of carbonyl (C=O) groups excluding carboxylic acids is 2. The second kappa shape index (κ2) is 8.83. The number of carbonyl (C=O) groups is 2. The second-order valence-corrected chi connectivity index (χ2v) is 7.19. The van der Waals surface area contributed by atoms with Crippen molar-refractivity contribution in [3.8, 4) is 0 Å². The molecule has 1 aliphatic rings. The van der Waals surface area contributed by atoms with Crippen molar-refractivity contribution in [2.24, 2.45) is 5.73 Å². The summed E-state index contributed by atoms with van der Waals surface area (Å²) >= 11 is 0. The number of pyridine rings is 1. The first kappa shape index (κ1) is 20.3. The highest BCUT2D eigenvalue weighted by molar-refractivity contribution is 5.99. The summed E-state index contributed by atoms with van der Waals surface area (Å²) in [6.45, 7) is 2.37. The number of hydrogen-bond donors (Lipinski definition) is 2. The molecule has 3 aromatic rings. The van der Waals surface area contributed by atoms with E-state index in [1.165, 1.54) is 6.07 Å². The molecule has 1 aromatic heterocycles. The third-order valence-corrected chi connectivity index (χ3v) is 5.25. The topological polar surface area (TPSA) is 91.6 Å². The molecule has 2 amide bonds. The summed E-state index contributed by atoms with van der Waals surface area (Å²) in [6, 6.07) is 16.8. The van der Waals surface area contributed by atoms with E-state index in [0.29, 0.717) is 43.1 Å². The maximum absolute atomic E-state index is 14.0. The molecule has 3 N–H and O–H groups in total. The Morgan fingerprint density at radius 2 is 1.65 bits per heavy atom. The lowest BCUT2D eigenvalue weighted by Crippen LogP contribution is -2.49. The van der Waals surface area contributed by atoms with Gasteiger partial charge >= 0.3 is 0 Å². The number of nitrogens with zero attached hydrogens (tertiary/aromatic N) is 3. The summed E-state index contributed by atoms with van der Waals surface area (Å²) in [6.07, 6.45) is 1.56. The summed E-state index contributed by atoms with van der Waals surface area (Å²) in [5.74, 6) is -0.710. The fraction of sp³-hybridized carbons (Fsp3) is 0.174. The Labute approximate surface area is 179 Å². The van der Waals surface area contributed by atoms with Crippen molar-refractivity contribution in [3.63, 3.8) is 0 Å². The first-order valence-corrected chi connectivity index (χ1v) is 9.93. The van der Waals surface area contributed by atoms with Gasteiger partial charge in [-0.25, -0.2) is 9.37 Å². The van der Waals surface area contributed by atoms with Gasteiger partial charge in [0.25, 0.3) is 5.91 Å². The first-order valence-electron chi connectivity index (χ1n) is 9.93. The van der Waals surface area contributed by atoms with Crippen LogP contribution in [0.2, 0.25) is 0 Å². The van der Waals surface area contributed by atoms with Crippen molar-refractivity contribution in [2.45, 2.75) is 0 Å². The quantitative estimate of drug-likeness (QED) is 0.663. The average molecular weight is 419 g/mol. The molecule has 1 saturated heterocycles. The second-order valence-electron chi connectivity index (χ2n) is 7.19. The summed E-state index contributed by atoms with van der Waals surface area (Å²) in [7, 11) is 0. The van der Waals surface area contributed by atoms with Crippen LogP contribution in [-0.4, -0.2) is 47.9 Å². The lowest BCUT2D eigenvalue weighted by molar-refractivity contribution is 0.0747. The molecule has 0 atom stereocenters. The predicted molar refractivity (Wildman–Crippen MR) is 117 cm³/mol. The van der Waals surface area contributed by atoms with E-state index in [2.05, 4.69) is 15.2 Å². The highest BCUT2D eigenvalue weighted by Crippen LogP contribution is 2.23. The number of hydrogen-bond acceptors (Lipinski definition) is 5. The van der Waals surface area contributed by atoms with Crippen molar-refractivity contribution < 1.29 is 14.0 Å². The van der Waals surface area contributed by atoms with Gasteiger partial charge in [0, 0.05) is 43.6 Å². The summed E-state index contributed by atoms with van der Waals surface area (Å²) in [4.78, 5) is 32.5. The van der Waals surface area contributed by atoms with E-state index in [9.17, 15) is 14.0 Å². The normalized spacial score (nSPS) is 13.7. The van der Waals surface area contributed by atoms with Crippen LogP contribution in [-0.2, 0) is 0 Å². The third kappa shape index (κ3) is 4.48. The van der Waals surface area contributed by atoms with Gasteiger partial charge in [-0.2, -0.15) is 0 Å². The van der Waals surface area contributed by atoms with Crippen molar-refractivity contribution in [1.82, 2.24) is 9.88 Å². The van der Waals surface area contributed by atoms with E-state index in [4.69, 9.17) is 5.73 Å². The maximum atomic E-state index is 14.0. The Morgan fingerprint density at radius 1 is 0.935 bits per heavy atom. The van der Waals surface area contributed by atoms with E-state index in [1.807, 2.05) is 12.1 Å². The van der Waals surface area contributed by atoms with Gasteiger partial charge < -0.3 is 20.9 Å². The lowest BCUT2D eigenvalue weighted by atomic mass is 10.1. The van der Waals surface area contributed by atoms with Crippen LogP contribution in [0.5, 0.6) is 0 Å². The minimum absolute atomic E-state index is 0.157. The third-order valence-electron chi connectivity index (χ3n) is 5.25. The zero-order chi connectivity index (χ0) is 21.8. The SMILES string of the molecule is NC(=O)c1ccc(N2CCN(C(=O)c3cccnc3Nc3ccccc3F)CC2)cc1. The minimum atomic E-state index is -0.460. The smallest absolute Gasteiger partial charge is 0.257 e. The predicted octanol–water partition coefficient (Wildman–Crippen LogP) is 3.03. The molecular weight excluding hydrogens is 397 g/mol. The lowest BCUT2D eigenvalue weighted by Gasteiger charge is -2.36. The van der Waals surface area contributed by atoms with E-state index < -0.39 is 11.7 Å². The maximum Gasteiger partial charge on any atom is 0.257 e. The van der Waals surface area contributed by atoms with Crippen LogP contribution in [0.15, 0.2) is 66.9 Å². The average Bonchev–Trinajstić information content (AvgIpc) is 2.81. The van der Waals surface area contributed by atoms with Gasteiger partial charge in [0.2, 0.25) is 5.91 Å². The van der Waals surface area contributed by atoms with Crippen molar-refractivity contribution >= 4 is 29.0 Å². The molecule has 8 heteroatoms. The monoisotopic (exact) mass is 419 g/mol. The number of nitrogens with two attached hydrogens (primary N) is 1. The minimum Gasteiger partial charge on any atom is -0.368 e. The number of benzene rings is 2. The zero-order valence-electron chi connectivity index (χ0n) is 16.8. The van der Waals surface area contributed by atoms with Crippen molar-refractivity contribution in [1.29, 1.82) is 0 Å². The van der Waals surface area contributed by atoms with Gasteiger partial charge in [0.15, 0.2) is 0 Å². The molecule has 0 unspecified atom stereocenters. The molecule has 0 radical (unpaired) electrons. The van der Waals surface area contributed by atoms with Gasteiger partial charge in [-0.1, -0.05) is 12.1 Å². The van der Waals surface area contributed by atoms with Crippen LogP contribution in [0.3, 0.4) is 0 Å². The Bertz CT molecular complexity index is 1100. The van der Waals surface area contributed by atoms with Gasteiger partial charge in [0.1, 0.15) is 11.6 Å². The van der Waals surface area contributed by atoms with Crippen LogP contribution in [0.1, 0.15) is 20.7 Å². The molecule has 0 bridgehead atoms. The number of para-hydroxylation sites is 1. The molecule has 0 saturated carbocycles. The Balaban J connectivity index is 1.44. The first-order chi connectivity index (χ1) is 15.0. The van der Waals surface area contributed by atoms with Gasteiger partial charge in [0.05, 0.1) is 11.3 Å². The molecule has 4 rings (SSSR count). The highest BCUT2D eigenvalue weighted by atomic mass is 19.1. The molecule has 1 aliphatic heterocycles. The Kier molecular flexibility index (Phi) is 5.79. The number of piperazine rings is 1. The number of halogens is 1. The van der Waals surface area contributed by atoms with E-state index in [0.717, 1.165) is 5.69 Å². The zero-order valence-corrected chi connectivity index (χ0v) is 16.8. The molecule has 31 heavy (non-hydrogen) atoms. The molecule has 2 aromatic carbocycles. The fourth-order valence-corrected chi connectivity index (χ4v) is 3.54. The molecule has 158 valence electrons. The van der Waals surface area contributed by atoms with Gasteiger partial charge in [-0.05, 0) is 48.5 Å². The number of amides is 2. The number of anilines is 3. The van der Waals surface area contributed by atoms with E-state index in [-0.39, 0.29) is 11.6 Å². The number of nitrogens with one attached hydrogen (secondary N) is 1. The summed E-state index contributed by atoms with van der Waals surface area (Å²) in [5, 5.41) is 2.93. The van der Waals surface area contributed by atoms with Crippen LogP contribution in [0.4, 0.5) is 21.6 Å². The number of rotatable bonds is 5. The van der Waals surface area contributed by atoms with E-state index >= 15 is 0 Å². The molecule has 2 heterocycles. The molecule has 1 fully saturated rings. The largest absolute Gasteiger partial charge is 0.368 e.